The molecule has 0 saturated carbocycles. The minimum absolute atomic E-state index is 0.194. The third kappa shape index (κ3) is 3.27. The molecule has 2 heterocycles. The first-order chi connectivity index (χ1) is 13.2. The van der Waals surface area contributed by atoms with Gasteiger partial charge in [0.05, 0.1) is 26.5 Å². The van der Waals surface area contributed by atoms with Gasteiger partial charge < -0.3 is 9.47 Å². The van der Waals surface area contributed by atoms with E-state index < -0.39 is 0 Å². The maximum Gasteiger partial charge on any atom is 0.293 e. The molecule has 7 nitrogen and oxygen atoms in total. The van der Waals surface area contributed by atoms with Crippen LogP contribution in [0.5, 0.6) is 11.5 Å². The zero-order valence-corrected chi connectivity index (χ0v) is 15.0. The molecule has 0 spiro atoms. The molecule has 27 heavy (non-hydrogen) atoms. The van der Waals surface area contributed by atoms with Crippen LogP contribution in [0.2, 0.25) is 0 Å². The van der Waals surface area contributed by atoms with Crippen molar-refractivity contribution < 1.29 is 9.47 Å². The third-order valence-electron chi connectivity index (χ3n) is 4.37. The topological polar surface area (TPSA) is 70.7 Å². The maximum absolute atomic E-state index is 12.8. The summed E-state index contributed by atoms with van der Waals surface area (Å²) >= 11 is 0. The number of fused-ring (bicyclic) bond motifs is 1. The average molecular weight is 362 g/mol. The van der Waals surface area contributed by atoms with Crippen molar-refractivity contribution in [3.05, 3.63) is 76.8 Å². The van der Waals surface area contributed by atoms with Crippen molar-refractivity contribution in [1.29, 1.82) is 0 Å². The largest absolute Gasteiger partial charge is 0.497 e. The molecule has 136 valence electrons. The highest BCUT2D eigenvalue weighted by Gasteiger charge is 2.10. The number of aromatic nitrogens is 4. The Kier molecular flexibility index (Phi) is 4.33. The molecular weight excluding hydrogens is 344 g/mol. The van der Waals surface area contributed by atoms with Crippen LogP contribution in [0, 0.1) is 0 Å². The van der Waals surface area contributed by atoms with Crippen molar-refractivity contribution in [2.45, 2.75) is 6.54 Å². The Morgan fingerprint density at radius 1 is 0.926 bits per heavy atom. The molecule has 0 atom stereocenters. The summed E-state index contributed by atoms with van der Waals surface area (Å²) in [6.07, 6.45) is 1.55. The van der Waals surface area contributed by atoms with Gasteiger partial charge in [0.1, 0.15) is 23.3 Å². The number of ether oxygens (including phenoxy) is 2. The zero-order chi connectivity index (χ0) is 18.8. The highest BCUT2D eigenvalue weighted by molar-refractivity contribution is 5.65. The fraction of sp³-hybridized carbons (Fsp3) is 0.150. The van der Waals surface area contributed by atoms with Crippen LogP contribution in [0.1, 0.15) is 5.56 Å². The standard InChI is InChI=1S/C20H18N4O3/c1-26-16-7-3-14(4-8-16)12-23-20(25)19-11-18(22-24(19)13-21-23)15-5-9-17(27-2)10-6-15/h3-11,13H,12H2,1-2H3. The minimum atomic E-state index is -0.194. The van der Waals surface area contributed by atoms with Crippen molar-refractivity contribution in [2.75, 3.05) is 14.2 Å². The predicted molar refractivity (Wildman–Crippen MR) is 101 cm³/mol. The lowest BCUT2D eigenvalue weighted by atomic mass is 10.1. The summed E-state index contributed by atoms with van der Waals surface area (Å²) in [5.41, 5.74) is 2.86. The fourth-order valence-electron chi connectivity index (χ4n) is 2.86. The second kappa shape index (κ2) is 6.95. The number of nitrogens with zero attached hydrogens (tertiary/aromatic N) is 4. The number of hydrogen-bond donors (Lipinski definition) is 0. The van der Waals surface area contributed by atoms with Gasteiger partial charge in [0.15, 0.2) is 0 Å². The Labute approximate surface area is 155 Å². The molecule has 0 unspecified atom stereocenters. The molecule has 2 aromatic heterocycles. The lowest BCUT2D eigenvalue weighted by molar-refractivity contribution is 0.414. The van der Waals surface area contributed by atoms with Crippen molar-refractivity contribution in [1.82, 2.24) is 19.4 Å². The molecule has 4 rings (SSSR count). The molecule has 0 bridgehead atoms. The number of hydrogen-bond acceptors (Lipinski definition) is 5. The van der Waals surface area contributed by atoms with E-state index in [0.717, 1.165) is 22.6 Å². The van der Waals surface area contributed by atoms with E-state index in [1.807, 2.05) is 48.5 Å². The molecule has 0 saturated heterocycles. The van der Waals surface area contributed by atoms with Gasteiger partial charge in [0, 0.05) is 5.56 Å². The molecule has 4 aromatic rings. The molecule has 0 N–H and O–H groups in total. The monoisotopic (exact) mass is 362 g/mol. The summed E-state index contributed by atoms with van der Waals surface area (Å²) in [6, 6.07) is 16.9. The quantitative estimate of drug-likeness (QED) is 0.546. The summed E-state index contributed by atoms with van der Waals surface area (Å²) in [7, 11) is 3.24. The first kappa shape index (κ1) is 16.8. The first-order valence-electron chi connectivity index (χ1n) is 8.41. The molecule has 0 fully saturated rings. The first-order valence-corrected chi connectivity index (χ1v) is 8.41. The molecule has 0 aliphatic heterocycles. The van der Waals surface area contributed by atoms with Crippen LogP contribution < -0.4 is 15.0 Å². The molecule has 2 aromatic carbocycles. The normalized spacial score (nSPS) is 10.9. The van der Waals surface area contributed by atoms with Gasteiger partial charge in [-0.05, 0) is 48.0 Å². The average Bonchev–Trinajstić information content (AvgIpc) is 3.16. The molecule has 0 aliphatic rings. The van der Waals surface area contributed by atoms with E-state index in [9.17, 15) is 4.79 Å². The smallest absolute Gasteiger partial charge is 0.293 e. The van der Waals surface area contributed by atoms with E-state index in [1.54, 1.807) is 26.6 Å². The Bertz CT molecular complexity index is 1130. The van der Waals surface area contributed by atoms with Crippen LogP contribution in [0.25, 0.3) is 16.8 Å². The van der Waals surface area contributed by atoms with E-state index in [4.69, 9.17) is 9.47 Å². The summed E-state index contributed by atoms with van der Waals surface area (Å²) < 4.78 is 13.3. The molecule has 0 radical (unpaired) electrons. The second-order valence-electron chi connectivity index (χ2n) is 6.03. The van der Waals surface area contributed by atoms with Gasteiger partial charge in [-0.3, -0.25) is 4.79 Å². The van der Waals surface area contributed by atoms with Crippen LogP contribution in [-0.2, 0) is 6.54 Å². The highest BCUT2D eigenvalue weighted by atomic mass is 16.5. The van der Waals surface area contributed by atoms with Crippen LogP contribution in [-0.4, -0.2) is 33.6 Å². The van der Waals surface area contributed by atoms with E-state index >= 15 is 0 Å². The summed E-state index contributed by atoms with van der Waals surface area (Å²) in [5, 5.41) is 8.69. The molecular formula is C20H18N4O3. The van der Waals surface area contributed by atoms with Gasteiger partial charge >= 0.3 is 0 Å². The van der Waals surface area contributed by atoms with Crippen molar-refractivity contribution in [2.24, 2.45) is 0 Å². The van der Waals surface area contributed by atoms with Crippen molar-refractivity contribution >= 4 is 5.52 Å². The van der Waals surface area contributed by atoms with E-state index in [-0.39, 0.29) is 5.56 Å². The van der Waals surface area contributed by atoms with Gasteiger partial charge in [-0.1, -0.05) is 12.1 Å². The van der Waals surface area contributed by atoms with Crippen LogP contribution in [0.3, 0.4) is 0 Å². The summed E-state index contributed by atoms with van der Waals surface area (Å²) in [6.45, 7) is 0.377. The molecule has 0 amide bonds. The number of rotatable bonds is 5. The van der Waals surface area contributed by atoms with Gasteiger partial charge in [-0.25, -0.2) is 9.20 Å². The zero-order valence-electron chi connectivity index (χ0n) is 15.0. The number of methoxy groups -OCH3 is 2. The van der Waals surface area contributed by atoms with Crippen LogP contribution in [0.15, 0.2) is 65.7 Å². The van der Waals surface area contributed by atoms with Gasteiger partial charge in [0.25, 0.3) is 5.56 Å². The van der Waals surface area contributed by atoms with Crippen LogP contribution in [0.4, 0.5) is 0 Å². The van der Waals surface area contributed by atoms with Gasteiger partial charge in [-0.15, -0.1) is 0 Å². The SMILES string of the molecule is COc1ccc(Cn2ncn3nc(-c4ccc(OC)cc4)cc3c2=O)cc1. The lowest BCUT2D eigenvalue weighted by Gasteiger charge is -2.05. The highest BCUT2D eigenvalue weighted by Crippen LogP contribution is 2.21. The van der Waals surface area contributed by atoms with E-state index in [2.05, 4.69) is 10.2 Å². The lowest BCUT2D eigenvalue weighted by Crippen LogP contribution is -2.25. The van der Waals surface area contributed by atoms with Gasteiger partial charge in [-0.2, -0.15) is 10.2 Å². The second-order valence-corrected chi connectivity index (χ2v) is 6.03. The molecule has 0 aliphatic carbocycles. The van der Waals surface area contributed by atoms with Crippen LogP contribution >= 0.6 is 0 Å². The fourth-order valence-corrected chi connectivity index (χ4v) is 2.86. The van der Waals surface area contributed by atoms with E-state index in [1.165, 1.54) is 9.20 Å². The predicted octanol–water partition coefficient (Wildman–Crippen LogP) is 2.62. The van der Waals surface area contributed by atoms with Gasteiger partial charge in [0.2, 0.25) is 0 Å². The summed E-state index contributed by atoms with van der Waals surface area (Å²) in [5.74, 6) is 1.54. The Balaban J connectivity index is 1.67. The summed E-state index contributed by atoms with van der Waals surface area (Å²) in [4.78, 5) is 12.8. The third-order valence-corrected chi connectivity index (χ3v) is 4.37. The number of benzene rings is 2. The van der Waals surface area contributed by atoms with Crippen molar-refractivity contribution in [3.63, 3.8) is 0 Å². The maximum atomic E-state index is 12.8. The van der Waals surface area contributed by atoms with E-state index in [0.29, 0.717) is 17.8 Å². The molecule has 7 heteroatoms. The Morgan fingerprint density at radius 3 is 2.19 bits per heavy atom. The Morgan fingerprint density at radius 2 is 1.56 bits per heavy atom. The minimum Gasteiger partial charge on any atom is -0.497 e. The Hall–Kier alpha value is -3.61. The van der Waals surface area contributed by atoms with Crippen molar-refractivity contribution in [3.8, 4) is 22.8 Å².